The molecule has 0 radical (unpaired) electrons. The van der Waals surface area contributed by atoms with E-state index in [-0.39, 0.29) is 24.4 Å². The molecule has 5 heteroatoms. The SMILES string of the molecule is CC#CCN1C(=O)N[C@](CCc2ccccc2)(C2CCN(C/C=C/C(C)C)CC2)C1=O. The molecule has 0 aliphatic carbocycles. The molecule has 0 unspecified atom stereocenters. The van der Waals surface area contributed by atoms with Crippen LogP contribution in [-0.4, -0.2) is 53.5 Å². The molecular formula is C26H35N3O2. The zero-order valence-corrected chi connectivity index (χ0v) is 19.1. The highest BCUT2D eigenvalue weighted by atomic mass is 16.2. The van der Waals surface area contributed by atoms with E-state index < -0.39 is 5.54 Å². The Balaban J connectivity index is 1.74. The maximum atomic E-state index is 13.5. The highest BCUT2D eigenvalue weighted by Crippen LogP contribution is 2.37. The fourth-order valence-electron chi connectivity index (χ4n) is 4.67. The Bertz CT molecular complexity index is 844. The summed E-state index contributed by atoms with van der Waals surface area (Å²) in [6.45, 7) is 9.08. The van der Waals surface area contributed by atoms with Gasteiger partial charge in [-0.2, -0.15) is 0 Å². The van der Waals surface area contributed by atoms with Gasteiger partial charge in [0.1, 0.15) is 5.54 Å². The van der Waals surface area contributed by atoms with Crippen molar-refractivity contribution in [1.82, 2.24) is 15.1 Å². The number of carbonyl (C=O) groups is 2. The van der Waals surface area contributed by atoms with E-state index in [1.807, 2.05) is 18.2 Å². The van der Waals surface area contributed by atoms with E-state index in [4.69, 9.17) is 0 Å². The zero-order chi connectivity index (χ0) is 22.3. The van der Waals surface area contributed by atoms with Crippen molar-refractivity contribution in [2.24, 2.45) is 11.8 Å². The van der Waals surface area contributed by atoms with Crippen LogP contribution < -0.4 is 5.32 Å². The van der Waals surface area contributed by atoms with E-state index in [0.29, 0.717) is 12.3 Å². The minimum Gasteiger partial charge on any atom is -0.323 e. The molecule has 1 atom stereocenters. The van der Waals surface area contributed by atoms with Crippen LogP contribution >= 0.6 is 0 Å². The number of rotatable bonds is 8. The molecule has 2 fully saturated rings. The number of piperidine rings is 1. The van der Waals surface area contributed by atoms with Gasteiger partial charge in [-0.1, -0.05) is 62.3 Å². The lowest BCUT2D eigenvalue weighted by molar-refractivity contribution is -0.133. The summed E-state index contributed by atoms with van der Waals surface area (Å²) in [5.41, 5.74) is 0.356. The monoisotopic (exact) mass is 421 g/mol. The van der Waals surface area contributed by atoms with Crippen molar-refractivity contribution in [2.45, 2.75) is 52.0 Å². The van der Waals surface area contributed by atoms with E-state index in [9.17, 15) is 9.59 Å². The fraction of sp³-hybridized carbons (Fsp3) is 0.538. The molecule has 1 aromatic carbocycles. The lowest BCUT2D eigenvalue weighted by Crippen LogP contribution is -2.56. The molecule has 5 nitrogen and oxygen atoms in total. The molecule has 3 amide bonds. The Morgan fingerprint density at radius 1 is 1.19 bits per heavy atom. The molecule has 1 N–H and O–H groups in total. The Kier molecular flexibility index (Phi) is 7.92. The van der Waals surface area contributed by atoms with Gasteiger partial charge >= 0.3 is 6.03 Å². The molecule has 2 heterocycles. The molecule has 1 aromatic rings. The number of nitrogens with one attached hydrogen (secondary N) is 1. The highest BCUT2D eigenvalue weighted by molar-refractivity contribution is 6.07. The quantitative estimate of drug-likeness (QED) is 0.394. The van der Waals surface area contributed by atoms with E-state index in [0.717, 1.165) is 38.9 Å². The number of aryl methyl sites for hydroxylation is 1. The lowest BCUT2D eigenvalue weighted by Gasteiger charge is -2.40. The van der Waals surface area contributed by atoms with Gasteiger partial charge in [-0.25, -0.2) is 4.79 Å². The molecule has 0 spiro atoms. The van der Waals surface area contributed by atoms with Crippen LogP contribution in [0.15, 0.2) is 42.5 Å². The minimum absolute atomic E-state index is 0.102. The Morgan fingerprint density at radius 2 is 1.90 bits per heavy atom. The number of nitrogens with zero attached hydrogens (tertiary/aromatic N) is 2. The van der Waals surface area contributed by atoms with E-state index in [1.165, 1.54) is 10.5 Å². The van der Waals surface area contributed by atoms with Crippen molar-refractivity contribution < 1.29 is 9.59 Å². The number of hydrogen-bond donors (Lipinski definition) is 1. The van der Waals surface area contributed by atoms with Gasteiger partial charge in [-0.3, -0.25) is 14.6 Å². The fourth-order valence-corrected chi connectivity index (χ4v) is 4.67. The van der Waals surface area contributed by atoms with Gasteiger partial charge in [0.05, 0.1) is 6.54 Å². The molecule has 0 aromatic heterocycles. The molecule has 0 bridgehead atoms. The molecule has 2 aliphatic rings. The third-order valence-corrected chi connectivity index (χ3v) is 6.44. The molecular weight excluding hydrogens is 386 g/mol. The van der Waals surface area contributed by atoms with Gasteiger partial charge in [-0.15, -0.1) is 5.92 Å². The van der Waals surface area contributed by atoms with Gasteiger partial charge < -0.3 is 5.32 Å². The second kappa shape index (κ2) is 10.6. The average molecular weight is 422 g/mol. The van der Waals surface area contributed by atoms with Crippen LogP contribution in [0.25, 0.3) is 0 Å². The van der Waals surface area contributed by atoms with E-state index in [2.05, 4.69) is 60.2 Å². The van der Waals surface area contributed by atoms with Crippen LogP contribution in [-0.2, 0) is 11.2 Å². The molecule has 2 aliphatic heterocycles. The molecule has 0 saturated carbocycles. The van der Waals surface area contributed by atoms with Crippen molar-refractivity contribution in [2.75, 3.05) is 26.2 Å². The number of imide groups is 1. The topological polar surface area (TPSA) is 52.7 Å². The highest BCUT2D eigenvalue weighted by Gasteiger charge is 2.55. The summed E-state index contributed by atoms with van der Waals surface area (Å²) in [4.78, 5) is 30.0. The number of hydrogen-bond acceptors (Lipinski definition) is 3. The van der Waals surface area contributed by atoms with Crippen LogP contribution in [0.3, 0.4) is 0 Å². The molecule has 3 rings (SSSR count). The van der Waals surface area contributed by atoms with E-state index in [1.54, 1.807) is 6.92 Å². The summed E-state index contributed by atoms with van der Waals surface area (Å²) in [6, 6.07) is 9.89. The van der Waals surface area contributed by atoms with E-state index >= 15 is 0 Å². The number of carbonyl (C=O) groups excluding carboxylic acids is 2. The smallest absolute Gasteiger partial charge is 0.323 e. The summed E-state index contributed by atoms with van der Waals surface area (Å²) in [5, 5.41) is 3.13. The predicted octanol–water partition coefficient (Wildman–Crippen LogP) is 3.86. The Morgan fingerprint density at radius 3 is 2.55 bits per heavy atom. The summed E-state index contributed by atoms with van der Waals surface area (Å²) in [6.07, 6.45) is 7.67. The standard InChI is InChI=1S/C26H35N3O2/c1-4-5-18-29-24(30)26(27-25(29)31,16-13-22-11-7-6-8-12-22)23-14-19-28(20-15-23)17-9-10-21(2)3/h6-12,21,23H,13-20H2,1-3H3,(H,27,31)/b10-9+/t26-/m1/s1. The first-order chi connectivity index (χ1) is 15.0. The second-order valence-corrected chi connectivity index (χ2v) is 8.95. The maximum Gasteiger partial charge on any atom is 0.325 e. The van der Waals surface area contributed by atoms with Crippen molar-refractivity contribution in [3.8, 4) is 11.8 Å². The first-order valence-corrected chi connectivity index (χ1v) is 11.4. The van der Waals surface area contributed by atoms with Crippen molar-refractivity contribution in [3.05, 3.63) is 48.0 Å². The number of amides is 3. The van der Waals surface area contributed by atoms with Crippen molar-refractivity contribution in [1.29, 1.82) is 0 Å². The summed E-state index contributed by atoms with van der Waals surface area (Å²) < 4.78 is 0. The molecule has 2 saturated heterocycles. The summed E-state index contributed by atoms with van der Waals surface area (Å²) >= 11 is 0. The van der Waals surface area contributed by atoms with Crippen molar-refractivity contribution in [3.63, 3.8) is 0 Å². The number of urea groups is 1. The largest absolute Gasteiger partial charge is 0.325 e. The number of likely N-dealkylation sites (tertiary alicyclic amines) is 1. The molecule has 166 valence electrons. The normalized spacial score (nSPS) is 22.8. The first-order valence-electron chi connectivity index (χ1n) is 11.4. The van der Waals surface area contributed by atoms with Crippen molar-refractivity contribution >= 4 is 11.9 Å². The Hall–Kier alpha value is -2.58. The Labute approximate surface area is 186 Å². The predicted molar refractivity (Wildman–Crippen MR) is 124 cm³/mol. The van der Waals surface area contributed by atoms with Gasteiger partial charge in [0.2, 0.25) is 0 Å². The third kappa shape index (κ3) is 5.57. The zero-order valence-electron chi connectivity index (χ0n) is 19.1. The molecule has 31 heavy (non-hydrogen) atoms. The van der Waals surface area contributed by atoms with Crippen LogP contribution in [0.2, 0.25) is 0 Å². The van der Waals surface area contributed by atoms with Crippen LogP contribution in [0, 0.1) is 23.7 Å². The summed E-state index contributed by atoms with van der Waals surface area (Å²) in [5.74, 6) is 6.27. The third-order valence-electron chi connectivity index (χ3n) is 6.44. The van der Waals surface area contributed by atoms with Gasteiger partial charge in [-0.05, 0) is 63.1 Å². The van der Waals surface area contributed by atoms with Crippen LogP contribution in [0.4, 0.5) is 4.79 Å². The maximum absolute atomic E-state index is 13.5. The number of benzene rings is 1. The average Bonchev–Trinajstić information content (AvgIpc) is 3.02. The van der Waals surface area contributed by atoms with Gasteiger partial charge in [0, 0.05) is 6.54 Å². The second-order valence-electron chi connectivity index (χ2n) is 8.95. The van der Waals surface area contributed by atoms with Gasteiger partial charge in [0.15, 0.2) is 0 Å². The minimum atomic E-state index is -0.831. The van der Waals surface area contributed by atoms with Gasteiger partial charge in [0.25, 0.3) is 5.91 Å². The van der Waals surface area contributed by atoms with Crippen LogP contribution in [0.1, 0.15) is 45.6 Å². The summed E-state index contributed by atoms with van der Waals surface area (Å²) in [7, 11) is 0. The lowest BCUT2D eigenvalue weighted by atomic mass is 9.74. The first kappa shape index (κ1) is 23.1. The van der Waals surface area contributed by atoms with Crippen LogP contribution in [0.5, 0.6) is 0 Å². The number of allylic oxidation sites excluding steroid dienone is 1.